The van der Waals surface area contributed by atoms with Gasteiger partial charge in [-0.15, -0.1) is 0 Å². The number of hydrogen-bond acceptors (Lipinski definition) is 5. The van der Waals surface area contributed by atoms with Gasteiger partial charge < -0.3 is 10.0 Å². The van der Waals surface area contributed by atoms with Gasteiger partial charge in [0.1, 0.15) is 16.8 Å². The highest BCUT2D eigenvalue weighted by Gasteiger charge is 2.37. The van der Waals surface area contributed by atoms with E-state index in [1.807, 2.05) is 37.1 Å². The SMILES string of the molecule is Cc1nc(Cl)cc(N(C)CC2(O)CCN(Cc3ccccc3)C2)n1. The molecular weight excluding hydrogens is 324 g/mol. The van der Waals surface area contributed by atoms with Crippen molar-refractivity contribution in [3.63, 3.8) is 0 Å². The van der Waals surface area contributed by atoms with Crippen LogP contribution in [0.1, 0.15) is 17.8 Å². The zero-order valence-electron chi connectivity index (χ0n) is 14.1. The van der Waals surface area contributed by atoms with Crippen LogP contribution in [0.25, 0.3) is 0 Å². The van der Waals surface area contributed by atoms with Crippen molar-refractivity contribution in [2.75, 3.05) is 31.6 Å². The fraction of sp³-hybridized carbons (Fsp3) is 0.444. The van der Waals surface area contributed by atoms with Crippen LogP contribution in [0.4, 0.5) is 5.82 Å². The molecule has 6 heteroatoms. The molecule has 1 aromatic carbocycles. The maximum Gasteiger partial charge on any atom is 0.134 e. The molecule has 2 aromatic rings. The standard InChI is InChI=1S/C18H23ClN4O/c1-14-20-16(19)10-17(21-14)22(2)12-18(24)8-9-23(13-18)11-15-6-4-3-5-7-15/h3-7,10,24H,8-9,11-13H2,1-2H3. The fourth-order valence-electron chi connectivity index (χ4n) is 3.28. The quantitative estimate of drug-likeness (QED) is 0.843. The van der Waals surface area contributed by atoms with E-state index in [1.165, 1.54) is 5.56 Å². The Hall–Kier alpha value is -1.69. The smallest absolute Gasteiger partial charge is 0.134 e. The van der Waals surface area contributed by atoms with Gasteiger partial charge in [0.2, 0.25) is 0 Å². The first-order valence-electron chi connectivity index (χ1n) is 8.14. The minimum atomic E-state index is -0.741. The summed E-state index contributed by atoms with van der Waals surface area (Å²) in [5, 5.41) is 11.4. The first-order chi connectivity index (χ1) is 11.4. The highest BCUT2D eigenvalue weighted by molar-refractivity contribution is 6.29. The molecule has 1 fully saturated rings. The number of likely N-dealkylation sites (N-methyl/N-ethyl adjacent to an activating group) is 1. The summed E-state index contributed by atoms with van der Waals surface area (Å²) in [7, 11) is 1.93. The van der Waals surface area contributed by atoms with Crippen molar-refractivity contribution >= 4 is 17.4 Å². The molecule has 1 aromatic heterocycles. The van der Waals surface area contributed by atoms with E-state index in [0.717, 1.165) is 25.3 Å². The molecule has 1 unspecified atom stereocenters. The van der Waals surface area contributed by atoms with Gasteiger partial charge in [-0.25, -0.2) is 9.97 Å². The zero-order chi connectivity index (χ0) is 17.2. The Morgan fingerprint density at radius 3 is 2.75 bits per heavy atom. The molecule has 2 heterocycles. The second-order valence-electron chi connectivity index (χ2n) is 6.62. The topological polar surface area (TPSA) is 52.5 Å². The van der Waals surface area contributed by atoms with Crippen molar-refractivity contribution in [2.45, 2.75) is 25.5 Å². The molecule has 5 nitrogen and oxygen atoms in total. The van der Waals surface area contributed by atoms with Gasteiger partial charge in [0.15, 0.2) is 0 Å². The Morgan fingerprint density at radius 2 is 2.04 bits per heavy atom. The van der Waals surface area contributed by atoms with Gasteiger partial charge in [-0.2, -0.15) is 0 Å². The summed E-state index contributed by atoms with van der Waals surface area (Å²) >= 11 is 6.01. The van der Waals surface area contributed by atoms with Crippen molar-refractivity contribution in [1.82, 2.24) is 14.9 Å². The molecule has 0 saturated carbocycles. The Bertz CT molecular complexity index is 676. The number of aliphatic hydroxyl groups is 1. The molecule has 1 saturated heterocycles. The first-order valence-corrected chi connectivity index (χ1v) is 8.52. The summed E-state index contributed by atoms with van der Waals surface area (Å²) in [5.41, 5.74) is 0.530. The maximum absolute atomic E-state index is 11.0. The molecule has 128 valence electrons. The molecule has 1 atom stereocenters. The number of likely N-dealkylation sites (tertiary alicyclic amines) is 1. The third-order valence-corrected chi connectivity index (χ3v) is 4.57. The van der Waals surface area contributed by atoms with Crippen LogP contribution in [0.5, 0.6) is 0 Å². The number of rotatable bonds is 5. The van der Waals surface area contributed by atoms with E-state index < -0.39 is 5.60 Å². The monoisotopic (exact) mass is 346 g/mol. The highest BCUT2D eigenvalue weighted by atomic mass is 35.5. The average Bonchev–Trinajstić information content (AvgIpc) is 2.88. The number of β-amino-alcohol motifs (C(OH)–C–C–N with tert-alkyl or cyclic N) is 1. The summed E-state index contributed by atoms with van der Waals surface area (Å²) in [6, 6.07) is 12.1. The largest absolute Gasteiger partial charge is 0.387 e. The Kier molecular flexibility index (Phi) is 5.04. The van der Waals surface area contributed by atoms with Gasteiger partial charge in [-0.1, -0.05) is 41.9 Å². The lowest BCUT2D eigenvalue weighted by Crippen LogP contribution is -2.44. The summed E-state index contributed by atoms with van der Waals surface area (Å²) in [6.45, 7) is 4.75. The van der Waals surface area contributed by atoms with Crippen LogP contribution in [0, 0.1) is 6.92 Å². The molecule has 0 radical (unpaired) electrons. The normalized spacial score (nSPS) is 21.2. The van der Waals surface area contributed by atoms with Gasteiger partial charge in [0.25, 0.3) is 0 Å². The van der Waals surface area contributed by atoms with Crippen molar-refractivity contribution in [3.05, 3.63) is 52.9 Å². The second kappa shape index (κ2) is 7.05. The lowest BCUT2D eigenvalue weighted by atomic mass is 10.0. The highest BCUT2D eigenvalue weighted by Crippen LogP contribution is 2.25. The van der Waals surface area contributed by atoms with Crippen molar-refractivity contribution < 1.29 is 5.11 Å². The predicted molar refractivity (Wildman–Crippen MR) is 96.3 cm³/mol. The van der Waals surface area contributed by atoms with Crippen molar-refractivity contribution in [1.29, 1.82) is 0 Å². The van der Waals surface area contributed by atoms with Crippen LogP contribution in [0.3, 0.4) is 0 Å². The average molecular weight is 347 g/mol. The van der Waals surface area contributed by atoms with Crippen LogP contribution in [-0.4, -0.2) is 52.3 Å². The summed E-state index contributed by atoms with van der Waals surface area (Å²) in [4.78, 5) is 12.7. The van der Waals surface area contributed by atoms with Crippen molar-refractivity contribution in [3.8, 4) is 0 Å². The van der Waals surface area contributed by atoms with Crippen LogP contribution in [-0.2, 0) is 6.54 Å². The van der Waals surface area contributed by atoms with Crippen LogP contribution in [0.2, 0.25) is 5.15 Å². The number of halogens is 1. The molecule has 0 bridgehead atoms. The summed E-state index contributed by atoms with van der Waals surface area (Å²) in [6.07, 6.45) is 0.752. The van der Waals surface area contributed by atoms with Crippen LogP contribution >= 0.6 is 11.6 Å². The number of nitrogens with zero attached hydrogens (tertiary/aromatic N) is 4. The third-order valence-electron chi connectivity index (χ3n) is 4.38. The molecule has 0 amide bonds. The lowest BCUT2D eigenvalue weighted by Gasteiger charge is -2.30. The molecule has 0 aliphatic carbocycles. The van der Waals surface area contributed by atoms with E-state index in [1.54, 1.807) is 6.07 Å². The van der Waals surface area contributed by atoms with Gasteiger partial charge in [0.05, 0.1) is 5.60 Å². The minimum absolute atomic E-state index is 0.425. The van der Waals surface area contributed by atoms with E-state index >= 15 is 0 Å². The Balaban J connectivity index is 1.62. The number of aromatic nitrogens is 2. The lowest BCUT2D eigenvalue weighted by molar-refractivity contribution is 0.0561. The van der Waals surface area contributed by atoms with Gasteiger partial charge >= 0.3 is 0 Å². The second-order valence-corrected chi connectivity index (χ2v) is 7.01. The number of hydrogen-bond donors (Lipinski definition) is 1. The predicted octanol–water partition coefficient (Wildman–Crippen LogP) is 2.51. The first kappa shape index (κ1) is 17.1. The van der Waals surface area contributed by atoms with E-state index in [0.29, 0.717) is 24.1 Å². The van der Waals surface area contributed by atoms with Crippen LogP contribution < -0.4 is 4.90 Å². The van der Waals surface area contributed by atoms with E-state index in [2.05, 4.69) is 27.0 Å². The zero-order valence-corrected chi connectivity index (χ0v) is 14.9. The van der Waals surface area contributed by atoms with E-state index in [9.17, 15) is 5.11 Å². The molecule has 3 rings (SSSR count). The van der Waals surface area contributed by atoms with Crippen molar-refractivity contribution in [2.24, 2.45) is 0 Å². The molecule has 1 aliphatic heterocycles. The molecule has 1 aliphatic rings. The Morgan fingerprint density at radius 1 is 1.29 bits per heavy atom. The maximum atomic E-state index is 11.0. The van der Waals surface area contributed by atoms with Gasteiger partial charge in [-0.3, -0.25) is 4.90 Å². The minimum Gasteiger partial charge on any atom is -0.387 e. The number of aryl methyl sites for hydroxylation is 1. The summed E-state index contributed by atoms with van der Waals surface area (Å²) < 4.78 is 0. The molecular formula is C18H23ClN4O. The fourth-order valence-corrected chi connectivity index (χ4v) is 3.50. The number of anilines is 1. The van der Waals surface area contributed by atoms with E-state index in [-0.39, 0.29) is 0 Å². The van der Waals surface area contributed by atoms with Gasteiger partial charge in [0, 0.05) is 39.3 Å². The number of benzene rings is 1. The molecule has 24 heavy (non-hydrogen) atoms. The third kappa shape index (κ3) is 4.23. The van der Waals surface area contributed by atoms with Gasteiger partial charge in [-0.05, 0) is 18.9 Å². The molecule has 0 spiro atoms. The Labute approximate surface area is 147 Å². The summed E-state index contributed by atoms with van der Waals surface area (Å²) in [5.74, 6) is 1.37. The molecule has 1 N–H and O–H groups in total. The van der Waals surface area contributed by atoms with E-state index in [4.69, 9.17) is 11.6 Å². The van der Waals surface area contributed by atoms with Crippen LogP contribution in [0.15, 0.2) is 36.4 Å².